The van der Waals surface area contributed by atoms with E-state index in [0.29, 0.717) is 10.8 Å². The van der Waals surface area contributed by atoms with Crippen LogP contribution in [0.5, 0.6) is 0 Å². The van der Waals surface area contributed by atoms with E-state index in [1.807, 2.05) is 0 Å². The largest absolute Gasteiger partial charge is 0.330 e. The first-order chi connectivity index (χ1) is 9.14. The van der Waals surface area contributed by atoms with Crippen molar-refractivity contribution < 1.29 is 0 Å². The summed E-state index contributed by atoms with van der Waals surface area (Å²) in [4.78, 5) is 0. The number of hydrogen-bond donors (Lipinski definition) is 2. The molecule has 0 unspecified atom stereocenters. The first-order valence-corrected chi connectivity index (χ1v) is 8.54. The van der Waals surface area contributed by atoms with Crippen molar-refractivity contribution in [2.45, 2.75) is 71.6 Å². The zero-order chi connectivity index (χ0) is 13.8. The summed E-state index contributed by atoms with van der Waals surface area (Å²) in [6, 6.07) is 0. The second-order valence-corrected chi connectivity index (χ2v) is 7.55. The van der Waals surface area contributed by atoms with Crippen LogP contribution in [0.3, 0.4) is 0 Å². The minimum Gasteiger partial charge on any atom is -0.330 e. The fourth-order valence-electron chi connectivity index (χ4n) is 4.20. The van der Waals surface area contributed by atoms with Gasteiger partial charge in [0.1, 0.15) is 0 Å². The maximum absolute atomic E-state index is 6.10. The SMILES string of the molecule is CCC1(CNCC2(CN)CCC(C)CC2)CCCC1. The van der Waals surface area contributed by atoms with Crippen molar-refractivity contribution in [2.75, 3.05) is 19.6 Å². The van der Waals surface area contributed by atoms with Crippen LogP contribution in [0.4, 0.5) is 0 Å². The van der Waals surface area contributed by atoms with Gasteiger partial charge < -0.3 is 11.1 Å². The van der Waals surface area contributed by atoms with E-state index in [4.69, 9.17) is 5.73 Å². The van der Waals surface area contributed by atoms with Gasteiger partial charge in [-0.1, -0.05) is 39.5 Å². The van der Waals surface area contributed by atoms with E-state index < -0.39 is 0 Å². The molecule has 0 aliphatic heterocycles. The highest BCUT2D eigenvalue weighted by atomic mass is 14.9. The topological polar surface area (TPSA) is 38.0 Å². The molecular formula is C17H34N2. The van der Waals surface area contributed by atoms with E-state index in [1.165, 1.54) is 64.3 Å². The molecule has 3 N–H and O–H groups in total. The summed E-state index contributed by atoms with van der Waals surface area (Å²) in [5.74, 6) is 0.913. The molecule has 2 nitrogen and oxygen atoms in total. The van der Waals surface area contributed by atoms with Gasteiger partial charge in [-0.05, 0) is 55.4 Å². The minimum absolute atomic E-state index is 0.403. The lowest BCUT2D eigenvalue weighted by atomic mass is 9.70. The van der Waals surface area contributed by atoms with Gasteiger partial charge in [0, 0.05) is 13.1 Å². The molecule has 0 saturated heterocycles. The second kappa shape index (κ2) is 6.58. The van der Waals surface area contributed by atoms with Crippen molar-refractivity contribution in [3.8, 4) is 0 Å². The fraction of sp³-hybridized carbons (Fsp3) is 1.00. The van der Waals surface area contributed by atoms with Crippen LogP contribution in [-0.2, 0) is 0 Å². The Morgan fingerprint density at radius 2 is 1.58 bits per heavy atom. The molecule has 0 radical (unpaired) electrons. The van der Waals surface area contributed by atoms with E-state index in [0.717, 1.165) is 19.0 Å². The van der Waals surface area contributed by atoms with Crippen LogP contribution in [0.2, 0.25) is 0 Å². The first-order valence-electron chi connectivity index (χ1n) is 8.54. The van der Waals surface area contributed by atoms with Crippen LogP contribution in [0.25, 0.3) is 0 Å². The molecule has 0 aromatic rings. The Bertz CT molecular complexity index is 260. The summed E-state index contributed by atoms with van der Waals surface area (Å²) in [6.07, 6.45) is 12.5. The van der Waals surface area contributed by atoms with Crippen LogP contribution >= 0.6 is 0 Å². The highest BCUT2D eigenvalue weighted by Gasteiger charge is 2.35. The molecule has 0 heterocycles. The van der Waals surface area contributed by atoms with Crippen LogP contribution in [0, 0.1) is 16.7 Å². The Balaban J connectivity index is 1.80. The molecule has 0 aromatic heterocycles. The highest BCUT2D eigenvalue weighted by Crippen LogP contribution is 2.41. The summed E-state index contributed by atoms with van der Waals surface area (Å²) >= 11 is 0. The van der Waals surface area contributed by atoms with Crippen LogP contribution in [0.1, 0.15) is 71.6 Å². The monoisotopic (exact) mass is 266 g/mol. The van der Waals surface area contributed by atoms with Gasteiger partial charge in [0.05, 0.1) is 0 Å². The summed E-state index contributed by atoms with van der Waals surface area (Å²) in [7, 11) is 0. The number of nitrogens with one attached hydrogen (secondary N) is 1. The third-order valence-electron chi connectivity index (χ3n) is 6.18. The van der Waals surface area contributed by atoms with Gasteiger partial charge in [-0.15, -0.1) is 0 Å². The Labute approximate surface area is 119 Å². The van der Waals surface area contributed by atoms with Gasteiger partial charge in [-0.2, -0.15) is 0 Å². The molecule has 2 saturated carbocycles. The van der Waals surface area contributed by atoms with Crippen molar-refractivity contribution in [3.05, 3.63) is 0 Å². The molecule has 2 aliphatic rings. The fourth-order valence-corrected chi connectivity index (χ4v) is 4.20. The molecule has 0 bridgehead atoms. The van der Waals surface area contributed by atoms with Crippen molar-refractivity contribution in [3.63, 3.8) is 0 Å². The van der Waals surface area contributed by atoms with Crippen molar-refractivity contribution in [1.29, 1.82) is 0 Å². The molecular weight excluding hydrogens is 232 g/mol. The summed E-state index contributed by atoms with van der Waals surface area (Å²) in [5, 5.41) is 3.82. The third-order valence-corrected chi connectivity index (χ3v) is 6.18. The lowest BCUT2D eigenvalue weighted by molar-refractivity contribution is 0.149. The average molecular weight is 266 g/mol. The molecule has 0 atom stereocenters. The molecule has 0 amide bonds. The van der Waals surface area contributed by atoms with Gasteiger partial charge >= 0.3 is 0 Å². The Morgan fingerprint density at radius 1 is 1.00 bits per heavy atom. The zero-order valence-electron chi connectivity index (χ0n) is 13.1. The normalized spacial score (nSPS) is 34.6. The van der Waals surface area contributed by atoms with Crippen molar-refractivity contribution in [2.24, 2.45) is 22.5 Å². The standard InChI is InChI=1S/C17H34N2/c1-3-16(8-4-5-9-16)13-19-14-17(12-18)10-6-15(2)7-11-17/h15,19H,3-14,18H2,1-2H3. The van der Waals surface area contributed by atoms with E-state index in [1.54, 1.807) is 0 Å². The number of nitrogens with two attached hydrogens (primary N) is 1. The van der Waals surface area contributed by atoms with Gasteiger partial charge in [0.2, 0.25) is 0 Å². The molecule has 2 rings (SSSR count). The number of hydrogen-bond acceptors (Lipinski definition) is 2. The predicted octanol–water partition coefficient (Wildman–Crippen LogP) is 3.70. The molecule has 0 aromatic carbocycles. The highest BCUT2D eigenvalue weighted by molar-refractivity contribution is 4.90. The van der Waals surface area contributed by atoms with Crippen LogP contribution in [0.15, 0.2) is 0 Å². The molecule has 2 fully saturated rings. The maximum atomic E-state index is 6.10. The predicted molar refractivity (Wildman–Crippen MR) is 83.2 cm³/mol. The molecule has 112 valence electrons. The summed E-state index contributed by atoms with van der Waals surface area (Å²) in [5.41, 5.74) is 7.12. The smallest absolute Gasteiger partial charge is 0.00201 e. The second-order valence-electron chi connectivity index (χ2n) is 7.55. The first kappa shape index (κ1) is 15.3. The van der Waals surface area contributed by atoms with Gasteiger partial charge in [-0.25, -0.2) is 0 Å². The molecule has 19 heavy (non-hydrogen) atoms. The zero-order valence-corrected chi connectivity index (χ0v) is 13.1. The van der Waals surface area contributed by atoms with Crippen molar-refractivity contribution >= 4 is 0 Å². The lowest BCUT2D eigenvalue weighted by Crippen LogP contribution is -2.45. The lowest BCUT2D eigenvalue weighted by Gasteiger charge is -2.40. The third kappa shape index (κ3) is 3.72. The summed E-state index contributed by atoms with van der Waals surface area (Å²) < 4.78 is 0. The van der Waals surface area contributed by atoms with Gasteiger partial charge in [0.25, 0.3) is 0 Å². The molecule has 2 aliphatic carbocycles. The van der Waals surface area contributed by atoms with Crippen molar-refractivity contribution in [1.82, 2.24) is 5.32 Å². The number of rotatable bonds is 6. The summed E-state index contributed by atoms with van der Waals surface area (Å²) in [6.45, 7) is 8.00. The Hall–Kier alpha value is -0.0800. The van der Waals surface area contributed by atoms with Crippen LogP contribution in [-0.4, -0.2) is 19.6 Å². The molecule has 0 spiro atoms. The maximum Gasteiger partial charge on any atom is 0.00201 e. The Kier molecular flexibility index (Phi) is 5.30. The Morgan fingerprint density at radius 3 is 2.11 bits per heavy atom. The molecule has 2 heteroatoms. The van der Waals surface area contributed by atoms with E-state index >= 15 is 0 Å². The van der Waals surface area contributed by atoms with Crippen LogP contribution < -0.4 is 11.1 Å². The van der Waals surface area contributed by atoms with E-state index in [9.17, 15) is 0 Å². The van der Waals surface area contributed by atoms with Gasteiger partial charge in [-0.3, -0.25) is 0 Å². The quantitative estimate of drug-likeness (QED) is 0.769. The van der Waals surface area contributed by atoms with Gasteiger partial charge in [0.15, 0.2) is 0 Å². The minimum atomic E-state index is 0.403. The van der Waals surface area contributed by atoms with E-state index in [2.05, 4.69) is 19.2 Å². The average Bonchev–Trinajstić information content (AvgIpc) is 2.91. The van der Waals surface area contributed by atoms with E-state index in [-0.39, 0.29) is 0 Å².